The molecule has 0 radical (unpaired) electrons. The number of hydrogen-bond acceptors (Lipinski definition) is 1. The van der Waals surface area contributed by atoms with E-state index < -0.39 is 17.9 Å². The maximum atomic E-state index is 12.4. The molecular formula is C6H2ClF3IN. The van der Waals surface area contributed by atoms with Crippen LogP contribution in [0.2, 0.25) is 5.15 Å². The van der Waals surface area contributed by atoms with Crippen molar-refractivity contribution in [1.82, 2.24) is 4.98 Å². The van der Waals surface area contributed by atoms with Crippen LogP contribution in [0.25, 0.3) is 0 Å². The fourth-order valence-electron chi connectivity index (χ4n) is 0.645. The molecule has 0 atom stereocenters. The molecule has 0 spiro atoms. The minimum absolute atomic E-state index is 0.0886. The minimum atomic E-state index is -2.73. The molecule has 0 aliphatic heterocycles. The molecule has 66 valence electrons. The molecule has 0 aliphatic rings. The van der Waals surface area contributed by atoms with E-state index in [9.17, 15) is 13.2 Å². The lowest BCUT2D eigenvalue weighted by Crippen LogP contribution is -1.95. The third-order valence-corrected chi connectivity index (χ3v) is 2.88. The summed E-state index contributed by atoms with van der Waals surface area (Å²) < 4.78 is 36.8. The number of pyridine rings is 1. The highest BCUT2D eigenvalue weighted by Gasteiger charge is 2.16. The highest BCUT2D eigenvalue weighted by Crippen LogP contribution is 2.28. The number of rotatable bonds is 1. The van der Waals surface area contributed by atoms with Crippen molar-refractivity contribution in [3.63, 3.8) is 0 Å². The van der Waals surface area contributed by atoms with Crippen molar-refractivity contribution in [3.05, 3.63) is 26.3 Å². The Morgan fingerprint density at radius 2 is 2.08 bits per heavy atom. The lowest BCUT2D eigenvalue weighted by molar-refractivity contribution is 0.149. The van der Waals surface area contributed by atoms with Crippen LogP contribution in [0.5, 0.6) is 0 Å². The smallest absolute Gasteiger partial charge is 0.207 e. The molecule has 1 aromatic rings. The molecule has 0 bridgehead atoms. The summed E-state index contributed by atoms with van der Waals surface area (Å²) in [5.41, 5.74) is -0.423. The summed E-state index contributed by atoms with van der Waals surface area (Å²) in [6.45, 7) is 0. The predicted molar refractivity (Wildman–Crippen MR) is 46.9 cm³/mol. The standard InChI is InChI=1S/C6H2ClF3IN/c7-5-4(11)2(6(9)10)1-3(8)12-5/h1,6H. The molecule has 0 aliphatic carbocycles. The number of aromatic nitrogens is 1. The van der Waals surface area contributed by atoms with E-state index in [4.69, 9.17) is 11.6 Å². The van der Waals surface area contributed by atoms with Gasteiger partial charge in [-0.3, -0.25) is 0 Å². The minimum Gasteiger partial charge on any atom is -0.207 e. The molecule has 12 heavy (non-hydrogen) atoms. The van der Waals surface area contributed by atoms with Crippen molar-refractivity contribution in [1.29, 1.82) is 0 Å². The van der Waals surface area contributed by atoms with Gasteiger partial charge in [-0.15, -0.1) is 0 Å². The van der Waals surface area contributed by atoms with Crippen molar-refractivity contribution >= 4 is 34.2 Å². The van der Waals surface area contributed by atoms with Crippen LogP contribution in [0, 0.1) is 9.52 Å². The van der Waals surface area contributed by atoms with Gasteiger partial charge in [-0.1, -0.05) is 11.6 Å². The molecule has 0 N–H and O–H groups in total. The largest absolute Gasteiger partial charge is 0.265 e. The van der Waals surface area contributed by atoms with Crippen molar-refractivity contribution < 1.29 is 13.2 Å². The topological polar surface area (TPSA) is 12.9 Å². The van der Waals surface area contributed by atoms with E-state index in [1.807, 2.05) is 0 Å². The Labute approximate surface area is 85.1 Å². The summed E-state index contributed by atoms with van der Waals surface area (Å²) in [6.07, 6.45) is -2.73. The van der Waals surface area contributed by atoms with E-state index in [0.717, 1.165) is 0 Å². The average Bonchev–Trinajstić information content (AvgIpc) is 1.96. The monoisotopic (exact) mass is 307 g/mol. The molecule has 1 rings (SSSR count). The first kappa shape index (κ1) is 10.0. The van der Waals surface area contributed by atoms with E-state index >= 15 is 0 Å². The maximum absolute atomic E-state index is 12.4. The van der Waals surface area contributed by atoms with Crippen LogP contribution in [0.3, 0.4) is 0 Å². The first-order valence-electron chi connectivity index (χ1n) is 2.82. The number of alkyl halides is 2. The highest BCUT2D eigenvalue weighted by atomic mass is 127. The normalized spacial score (nSPS) is 10.8. The van der Waals surface area contributed by atoms with Crippen molar-refractivity contribution in [3.8, 4) is 0 Å². The van der Waals surface area contributed by atoms with Crippen molar-refractivity contribution in [2.24, 2.45) is 0 Å². The first-order valence-corrected chi connectivity index (χ1v) is 4.27. The molecule has 0 aromatic carbocycles. The van der Waals surface area contributed by atoms with Crippen LogP contribution in [0.15, 0.2) is 6.07 Å². The van der Waals surface area contributed by atoms with Gasteiger partial charge >= 0.3 is 0 Å². The van der Waals surface area contributed by atoms with Crippen LogP contribution in [-0.4, -0.2) is 4.98 Å². The lowest BCUT2D eigenvalue weighted by atomic mass is 10.3. The average molecular weight is 307 g/mol. The van der Waals surface area contributed by atoms with Crippen LogP contribution < -0.4 is 0 Å². The third kappa shape index (κ3) is 2.01. The Morgan fingerprint density at radius 1 is 1.50 bits per heavy atom. The van der Waals surface area contributed by atoms with Gasteiger partial charge < -0.3 is 0 Å². The molecule has 0 saturated heterocycles. The lowest BCUT2D eigenvalue weighted by Gasteiger charge is -2.03. The van der Waals surface area contributed by atoms with Gasteiger partial charge in [-0.2, -0.15) is 4.39 Å². The van der Waals surface area contributed by atoms with Gasteiger partial charge in [0.25, 0.3) is 6.43 Å². The van der Waals surface area contributed by atoms with Crippen molar-refractivity contribution in [2.75, 3.05) is 0 Å². The molecule has 1 nitrogen and oxygen atoms in total. The van der Waals surface area contributed by atoms with Crippen LogP contribution in [-0.2, 0) is 0 Å². The van der Waals surface area contributed by atoms with Gasteiger partial charge in [0.1, 0.15) is 5.15 Å². The molecule has 0 fully saturated rings. The van der Waals surface area contributed by atoms with Crippen molar-refractivity contribution in [2.45, 2.75) is 6.43 Å². The summed E-state index contributed by atoms with van der Waals surface area (Å²) in [4.78, 5) is 3.17. The summed E-state index contributed by atoms with van der Waals surface area (Å²) in [6, 6.07) is 0.679. The molecule has 1 heterocycles. The molecule has 6 heteroatoms. The van der Waals surface area contributed by atoms with E-state index in [0.29, 0.717) is 6.07 Å². The van der Waals surface area contributed by atoms with E-state index in [1.165, 1.54) is 0 Å². The SMILES string of the molecule is Fc1cc(C(F)F)c(I)c(Cl)n1. The zero-order chi connectivity index (χ0) is 9.30. The Balaban J connectivity index is 3.28. The Bertz CT molecular complexity index is 305. The third-order valence-electron chi connectivity index (χ3n) is 1.15. The van der Waals surface area contributed by atoms with E-state index in [1.54, 1.807) is 22.6 Å². The molecule has 1 aromatic heterocycles. The number of halogens is 5. The van der Waals surface area contributed by atoms with Gasteiger partial charge in [0.2, 0.25) is 5.95 Å². The van der Waals surface area contributed by atoms with E-state index in [-0.39, 0.29) is 8.72 Å². The van der Waals surface area contributed by atoms with Gasteiger partial charge in [0.15, 0.2) is 0 Å². The van der Waals surface area contributed by atoms with Crippen LogP contribution >= 0.6 is 34.2 Å². The van der Waals surface area contributed by atoms with Crippen LogP contribution in [0.4, 0.5) is 13.2 Å². The second-order valence-corrected chi connectivity index (χ2v) is 3.38. The number of nitrogens with zero attached hydrogens (tertiary/aromatic N) is 1. The second kappa shape index (κ2) is 3.78. The summed E-state index contributed by atoms with van der Waals surface area (Å²) in [5.74, 6) is -0.990. The maximum Gasteiger partial charge on any atom is 0.265 e. The predicted octanol–water partition coefficient (Wildman–Crippen LogP) is 3.42. The highest BCUT2D eigenvalue weighted by molar-refractivity contribution is 14.1. The van der Waals surface area contributed by atoms with Gasteiger partial charge in [0.05, 0.1) is 3.57 Å². The quantitative estimate of drug-likeness (QED) is 0.572. The summed E-state index contributed by atoms with van der Waals surface area (Å²) in [5, 5.41) is -0.231. The van der Waals surface area contributed by atoms with E-state index in [2.05, 4.69) is 4.98 Å². The molecular weight excluding hydrogens is 305 g/mol. The summed E-state index contributed by atoms with van der Waals surface area (Å²) in [7, 11) is 0. The number of hydrogen-bond donors (Lipinski definition) is 0. The molecule has 0 saturated carbocycles. The fraction of sp³-hybridized carbons (Fsp3) is 0.167. The Hall–Kier alpha value is -0.0400. The van der Waals surface area contributed by atoms with Gasteiger partial charge in [-0.05, 0) is 22.6 Å². The van der Waals surface area contributed by atoms with Gasteiger partial charge in [0, 0.05) is 11.6 Å². The molecule has 0 unspecified atom stereocenters. The molecule has 0 amide bonds. The van der Waals surface area contributed by atoms with Crippen LogP contribution in [0.1, 0.15) is 12.0 Å². The second-order valence-electron chi connectivity index (χ2n) is 1.94. The Morgan fingerprint density at radius 3 is 2.58 bits per heavy atom. The zero-order valence-corrected chi connectivity index (χ0v) is 8.41. The van der Waals surface area contributed by atoms with Gasteiger partial charge in [-0.25, -0.2) is 13.8 Å². The fourth-order valence-corrected chi connectivity index (χ4v) is 1.35. The summed E-state index contributed by atoms with van der Waals surface area (Å²) >= 11 is 6.97. The Kier molecular flexibility index (Phi) is 3.16. The first-order chi connectivity index (χ1) is 5.52. The zero-order valence-electron chi connectivity index (χ0n) is 5.49.